The van der Waals surface area contributed by atoms with E-state index in [-0.39, 0.29) is 0 Å². The molecule has 0 bridgehead atoms. The fraction of sp³-hybridized carbons (Fsp3) is 0.600. The summed E-state index contributed by atoms with van der Waals surface area (Å²) < 4.78 is 0. The Hall–Kier alpha value is -0.510. The molecule has 1 aromatic carbocycles. The van der Waals surface area contributed by atoms with Crippen molar-refractivity contribution in [2.24, 2.45) is 5.92 Å². The van der Waals surface area contributed by atoms with Crippen molar-refractivity contribution in [1.82, 2.24) is 10.2 Å². The molecule has 0 aliphatic carbocycles. The van der Waals surface area contributed by atoms with Crippen molar-refractivity contribution >= 4 is 11.8 Å². The zero-order chi connectivity index (χ0) is 12.6. The lowest BCUT2D eigenvalue weighted by Gasteiger charge is -2.27. The van der Waals surface area contributed by atoms with Crippen LogP contribution >= 0.6 is 11.8 Å². The summed E-state index contributed by atoms with van der Waals surface area (Å²) in [4.78, 5) is 3.86. The summed E-state index contributed by atoms with van der Waals surface area (Å²) >= 11 is 1.95. The van der Waals surface area contributed by atoms with E-state index in [2.05, 4.69) is 47.6 Å². The lowest BCUT2D eigenvalue weighted by molar-refractivity contribution is 0.253. The Balaban J connectivity index is 1.61. The Kier molecular flexibility index (Phi) is 6.05. The molecule has 0 saturated carbocycles. The quantitative estimate of drug-likeness (QED) is 0.795. The molecule has 18 heavy (non-hydrogen) atoms. The Bertz CT molecular complexity index is 323. The summed E-state index contributed by atoms with van der Waals surface area (Å²) in [5.41, 5.74) is 0. The van der Waals surface area contributed by atoms with Crippen LogP contribution in [0, 0.1) is 5.92 Å². The van der Waals surface area contributed by atoms with Gasteiger partial charge in [0.2, 0.25) is 0 Å². The predicted octanol–water partition coefficient (Wildman–Crippen LogP) is 2.71. The fourth-order valence-electron chi connectivity index (χ4n) is 2.45. The Morgan fingerprint density at radius 3 is 2.89 bits per heavy atom. The molecule has 0 amide bonds. The van der Waals surface area contributed by atoms with Crippen LogP contribution in [0.2, 0.25) is 0 Å². The maximum atomic E-state index is 3.49. The second-order valence-corrected chi connectivity index (χ2v) is 6.30. The van der Waals surface area contributed by atoms with Crippen LogP contribution in [0.3, 0.4) is 0 Å². The standard InChI is InChI=1S/C15H24N2S/c1-17(13-14-6-5-9-16-12-14)10-11-18-15-7-3-2-4-8-15/h2-4,7-8,14,16H,5-6,9-13H2,1H3. The Labute approximate surface area is 115 Å². The lowest BCUT2D eigenvalue weighted by atomic mass is 9.99. The second-order valence-electron chi connectivity index (χ2n) is 5.14. The fourth-order valence-corrected chi connectivity index (χ4v) is 3.44. The highest BCUT2D eigenvalue weighted by Crippen LogP contribution is 2.17. The van der Waals surface area contributed by atoms with Gasteiger partial charge in [0.15, 0.2) is 0 Å². The minimum atomic E-state index is 0.852. The van der Waals surface area contributed by atoms with Gasteiger partial charge in [-0.1, -0.05) is 18.2 Å². The average Bonchev–Trinajstić information content (AvgIpc) is 2.41. The van der Waals surface area contributed by atoms with E-state index in [9.17, 15) is 0 Å². The summed E-state index contributed by atoms with van der Waals surface area (Å²) in [6.07, 6.45) is 2.74. The van der Waals surface area contributed by atoms with Crippen molar-refractivity contribution in [3.63, 3.8) is 0 Å². The molecule has 1 aliphatic heterocycles. The van der Waals surface area contributed by atoms with Crippen LogP contribution in [-0.2, 0) is 0 Å². The van der Waals surface area contributed by atoms with Crippen LogP contribution in [0.5, 0.6) is 0 Å². The number of hydrogen-bond donors (Lipinski definition) is 1. The molecule has 1 unspecified atom stereocenters. The third-order valence-corrected chi connectivity index (χ3v) is 4.45. The molecule has 100 valence electrons. The molecule has 1 N–H and O–H groups in total. The molecule has 0 spiro atoms. The van der Waals surface area contributed by atoms with E-state index in [1.54, 1.807) is 0 Å². The van der Waals surface area contributed by atoms with E-state index < -0.39 is 0 Å². The molecule has 2 nitrogen and oxygen atoms in total. The highest BCUT2D eigenvalue weighted by atomic mass is 32.2. The number of rotatable bonds is 6. The van der Waals surface area contributed by atoms with Gasteiger partial charge in [0.1, 0.15) is 0 Å². The molecule has 0 radical (unpaired) electrons. The van der Waals surface area contributed by atoms with Gasteiger partial charge < -0.3 is 10.2 Å². The minimum absolute atomic E-state index is 0.852. The molecule has 1 aliphatic rings. The average molecular weight is 264 g/mol. The topological polar surface area (TPSA) is 15.3 Å². The van der Waals surface area contributed by atoms with Gasteiger partial charge in [0, 0.05) is 23.7 Å². The third-order valence-electron chi connectivity index (χ3n) is 3.45. The van der Waals surface area contributed by atoms with Gasteiger partial charge in [0.05, 0.1) is 0 Å². The highest BCUT2D eigenvalue weighted by Gasteiger charge is 2.14. The van der Waals surface area contributed by atoms with Crippen LogP contribution in [-0.4, -0.2) is 43.9 Å². The zero-order valence-corrected chi connectivity index (χ0v) is 12.1. The zero-order valence-electron chi connectivity index (χ0n) is 11.3. The van der Waals surface area contributed by atoms with E-state index in [1.165, 1.54) is 49.7 Å². The molecular formula is C15H24N2S. The van der Waals surface area contributed by atoms with Gasteiger partial charge >= 0.3 is 0 Å². The van der Waals surface area contributed by atoms with E-state index >= 15 is 0 Å². The van der Waals surface area contributed by atoms with Crippen molar-refractivity contribution in [3.05, 3.63) is 30.3 Å². The first-order valence-corrected chi connectivity index (χ1v) is 7.90. The van der Waals surface area contributed by atoms with Crippen molar-refractivity contribution in [1.29, 1.82) is 0 Å². The van der Waals surface area contributed by atoms with E-state index in [0.29, 0.717) is 0 Å². The number of thioether (sulfide) groups is 1. The van der Waals surface area contributed by atoms with Crippen LogP contribution in [0.15, 0.2) is 35.2 Å². The molecule has 1 fully saturated rings. The third kappa shape index (κ3) is 5.01. The maximum absolute atomic E-state index is 3.49. The largest absolute Gasteiger partial charge is 0.316 e. The van der Waals surface area contributed by atoms with Gasteiger partial charge in [-0.05, 0) is 51.0 Å². The van der Waals surface area contributed by atoms with Crippen molar-refractivity contribution in [3.8, 4) is 0 Å². The monoisotopic (exact) mass is 264 g/mol. The molecule has 1 saturated heterocycles. The van der Waals surface area contributed by atoms with Gasteiger partial charge in [-0.25, -0.2) is 0 Å². The van der Waals surface area contributed by atoms with Crippen molar-refractivity contribution < 1.29 is 0 Å². The van der Waals surface area contributed by atoms with Crippen LogP contribution in [0.4, 0.5) is 0 Å². The first kappa shape index (κ1) is 13.9. The summed E-state index contributed by atoms with van der Waals surface area (Å²) in [5.74, 6) is 2.03. The molecule has 3 heteroatoms. The van der Waals surface area contributed by atoms with Gasteiger partial charge in [-0.2, -0.15) is 0 Å². The summed E-state index contributed by atoms with van der Waals surface area (Å²) in [6.45, 7) is 4.83. The van der Waals surface area contributed by atoms with Crippen LogP contribution in [0.25, 0.3) is 0 Å². The summed E-state index contributed by atoms with van der Waals surface area (Å²) in [6, 6.07) is 10.7. The van der Waals surface area contributed by atoms with Crippen LogP contribution in [0.1, 0.15) is 12.8 Å². The Morgan fingerprint density at radius 1 is 1.33 bits per heavy atom. The summed E-state index contributed by atoms with van der Waals surface area (Å²) in [5, 5.41) is 3.49. The lowest BCUT2D eigenvalue weighted by Crippen LogP contribution is -2.37. The van der Waals surface area contributed by atoms with Crippen molar-refractivity contribution in [2.45, 2.75) is 17.7 Å². The Morgan fingerprint density at radius 2 is 2.17 bits per heavy atom. The molecule has 2 rings (SSSR count). The van der Waals surface area contributed by atoms with E-state index in [4.69, 9.17) is 0 Å². The number of benzene rings is 1. The highest BCUT2D eigenvalue weighted by molar-refractivity contribution is 7.99. The number of hydrogen-bond acceptors (Lipinski definition) is 3. The van der Waals surface area contributed by atoms with Crippen molar-refractivity contribution in [2.75, 3.05) is 39.0 Å². The van der Waals surface area contributed by atoms with E-state index in [0.717, 1.165) is 5.92 Å². The first-order valence-electron chi connectivity index (χ1n) is 6.92. The van der Waals surface area contributed by atoms with Gasteiger partial charge in [0.25, 0.3) is 0 Å². The van der Waals surface area contributed by atoms with Gasteiger partial charge in [-0.3, -0.25) is 0 Å². The smallest absolute Gasteiger partial charge is 0.0108 e. The number of piperidine rings is 1. The summed E-state index contributed by atoms with van der Waals surface area (Å²) in [7, 11) is 2.25. The number of nitrogens with one attached hydrogen (secondary N) is 1. The molecular weight excluding hydrogens is 240 g/mol. The number of nitrogens with zero attached hydrogens (tertiary/aromatic N) is 1. The normalized spacial score (nSPS) is 20.2. The molecule has 1 aromatic rings. The second kappa shape index (κ2) is 7.82. The molecule has 1 heterocycles. The first-order chi connectivity index (χ1) is 8.84. The maximum Gasteiger partial charge on any atom is 0.0108 e. The molecule has 0 aromatic heterocycles. The predicted molar refractivity (Wildman–Crippen MR) is 80.3 cm³/mol. The van der Waals surface area contributed by atoms with Gasteiger partial charge in [-0.15, -0.1) is 11.8 Å². The van der Waals surface area contributed by atoms with E-state index in [1.807, 2.05) is 11.8 Å². The molecule has 1 atom stereocenters. The SMILES string of the molecule is CN(CCSc1ccccc1)CC1CCCNC1. The minimum Gasteiger partial charge on any atom is -0.316 e. The van der Waals surface area contributed by atoms with Crippen LogP contribution < -0.4 is 5.32 Å².